The maximum absolute atomic E-state index is 13.1. The van der Waals surface area contributed by atoms with E-state index in [0.717, 1.165) is 22.4 Å². The molecule has 3 heterocycles. The summed E-state index contributed by atoms with van der Waals surface area (Å²) >= 11 is 6.17. The van der Waals surface area contributed by atoms with Crippen LogP contribution in [0.25, 0.3) is 16.8 Å². The molecule has 4 aromatic rings. The first kappa shape index (κ1) is 26.5. The Labute approximate surface area is 232 Å². The van der Waals surface area contributed by atoms with Crippen molar-refractivity contribution in [2.24, 2.45) is 0 Å². The normalized spacial score (nSPS) is 13.9. The summed E-state index contributed by atoms with van der Waals surface area (Å²) in [5, 5.41) is 7.98. The Morgan fingerprint density at radius 1 is 1.03 bits per heavy atom. The van der Waals surface area contributed by atoms with Gasteiger partial charge < -0.3 is 19.9 Å². The molecule has 0 atom stereocenters. The molecule has 5 rings (SSSR count). The van der Waals surface area contributed by atoms with E-state index in [4.69, 9.17) is 16.3 Å². The van der Waals surface area contributed by atoms with Gasteiger partial charge in [-0.15, -0.1) is 0 Å². The van der Waals surface area contributed by atoms with E-state index in [1.807, 2.05) is 69.3 Å². The van der Waals surface area contributed by atoms with Crippen molar-refractivity contribution in [1.82, 2.24) is 24.8 Å². The van der Waals surface area contributed by atoms with Crippen molar-refractivity contribution >= 4 is 34.9 Å². The van der Waals surface area contributed by atoms with E-state index in [1.165, 1.54) is 0 Å². The zero-order valence-electron chi connectivity index (χ0n) is 22.2. The molecule has 39 heavy (non-hydrogen) atoms. The Kier molecular flexibility index (Phi) is 7.43. The van der Waals surface area contributed by atoms with E-state index in [9.17, 15) is 9.59 Å². The molecule has 1 fully saturated rings. The van der Waals surface area contributed by atoms with Gasteiger partial charge in [0.25, 0.3) is 5.91 Å². The molecule has 0 unspecified atom stereocenters. The van der Waals surface area contributed by atoms with E-state index >= 15 is 0 Å². The molecule has 2 aromatic heterocycles. The van der Waals surface area contributed by atoms with Crippen LogP contribution in [0, 0.1) is 0 Å². The number of fused-ring (bicyclic) bond motifs is 1. The van der Waals surface area contributed by atoms with E-state index in [1.54, 1.807) is 27.9 Å². The molecule has 0 spiro atoms. The zero-order valence-corrected chi connectivity index (χ0v) is 23.0. The zero-order chi connectivity index (χ0) is 27.6. The summed E-state index contributed by atoms with van der Waals surface area (Å²) in [6.45, 7) is 8.44. The van der Waals surface area contributed by atoms with Gasteiger partial charge in [0.05, 0.1) is 6.20 Å². The van der Waals surface area contributed by atoms with Gasteiger partial charge in [-0.3, -0.25) is 4.79 Å². The maximum Gasteiger partial charge on any atom is 0.410 e. The van der Waals surface area contributed by atoms with E-state index in [2.05, 4.69) is 20.3 Å². The van der Waals surface area contributed by atoms with E-state index in [-0.39, 0.29) is 12.0 Å². The van der Waals surface area contributed by atoms with Crippen molar-refractivity contribution in [3.63, 3.8) is 0 Å². The van der Waals surface area contributed by atoms with Crippen LogP contribution in [-0.4, -0.2) is 63.3 Å². The molecule has 9 nitrogen and oxygen atoms in total. The third kappa shape index (κ3) is 6.15. The van der Waals surface area contributed by atoms with Gasteiger partial charge in [0, 0.05) is 55.2 Å². The van der Waals surface area contributed by atoms with Crippen molar-refractivity contribution in [2.75, 3.05) is 31.1 Å². The second kappa shape index (κ2) is 10.9. The highest BCUT2D eigenvalue weighted by molar-refractivity contribution is 6.30. The van der Waals surface area contributed by atoms with Gasteiger partial charge in [-0.2, -0.15) is 5.10 Å². The molecule has 10 heteroatoms. The summed E-state index contributed by atoms with van der Waals surface area (Å²) in [5.74, 6) is -0.278. The minimum absolute atomic E-state index is 0.278. The SMILES string of the molecule is CC(C)(C)OC(=O)N1CCN(c2ccccc2CNC(=O)c2ccn3ncc(-c4cccc(Cl)c4)c3n2)CC1. The fourth-order valence-electron chi connectivity index (χ4n) is 4.55. The lowest BCUT2D eigenvalue weighted by Crippen LogP contribution is -2.50. The van der Waals surface area contributed by atoms with Crippen molar-refractivity contribution in [2.45, 2.75) is 32.9 Å². The van der Waals surface area contributed by atoms with Crippen LogP contribution in [0.4, 0.5) is 10.5 Å². The van der Waals surface area contributed by atoms with Crippen molar-refractivity contribution in [3.8, 4) is 11.1 Å². The number of aromatic nitrogens is 3. The molecule has 1 aliphatic heterocycles. The molecule has 0 bridgehead atoms. The standard InChI is InChI=1S/C29H31ClN6O3/c1-29(2,3)39-28(38)35-15-13-34(14-16-35)25-10-5-4-7-21(25)18-31-27(37)24-11-12-36-26(33-24)23(19-32-36)20-8-6-9-22(30)17-20/h4-12,17,19H,13-16,18H2,1-3H3,(H,31,37). The number of carbonyl (C=O) groups excluding carboxylic acids is 2. The highest BCUT2D eigenvalue weighted by Gasteiger charge is 2.26. The lowest BCUT2D eigenvalue weighted by atomic mass is 10.1. The Morgan fingerprint density at radius 3 is 2.54 bits per heavy atom. The number of benzene rings is 2. The minimum Gasteiger partial charge on any atom is -0.444 e. The summed E-state index contributed by atoms with van der Waals surface area (Å²) in [7, 11) is 0. The molecular formula is C29H31ClN6O3. The number of hydrogen-bond acceptors (Lipinski definition) is 6. The van der Waals surface area contributed by atoms with Crippen LogP contribution in [0.15, 0.2) is 67.0 Å². The molecule has 1 aliphatic rings. The number of para-hydroxylation sites is 1. The molecule has 1 N–H and O–H groups in total. The smallest absolute Gasteiger partial charge is 0.410 e. The van der Waals surface area contributed by atoms with Crippen LogP contribution < -0.4 is 10.2 Å². The fraction of sp³-hybridized carbons (Fsp3) is 0.310. The number of nitrogens with one attached hydrogen (secondary N) is 1. The monoisotopic (exact) mass is 546 g/mol. The number of anilines is 1. The molecule has 0 aliphatic carbocycles. The Morgan fingerprint density at radius 2 is 1.79 bits per heavy atom. The van der Waals surface area contributed by atoms with Crippen molar-refractivity contribution < 1.29 is 14.3 Å². The third-order valence-corrected chi connectivity index (χ3v) is 6.68. The lowest BCUT2D eigenvalue weighted by molar-refractivity contribution is 0.0240. The Balaban J connectivity index is 1.26. The first-order valence-corrected chi connectivity index (χ1v) is 13.2. The van der Waals surface area contributed by atoms with Gasteiger partial charge in [-0.25, -0.2) is 14.3 Å². The number of ether oxygens (including phenoxy) is 1. The topological polar surface area (TPSA) is 92.1 Å². The molecule has 1 saturated heterocycles. The highest BCUT2D eigenvalue weighted by atomic mass is 35.5. The van der Waals surface area contributed by atoms with Crippen LogP contribution in [0.3, 0.4) is 0 Å². The number of hydrogen-bond donors (Lipinski definition) is 1. The van der Waals surface area contributed by atoms with Gasteiger partial charge in [0.1, 0.15) is 11.3 Å². The third-order valence-electron chi connectivity index (χ3n) is 6.44. The predicted molar refractivity (Wildman–Crippen MR) is 151 cm³/mol. The Hall–Kier alpha value is -4.11. The van der Waals surface area contributed by atoms with E-state index < -0.39 is 5.60 Å². The number of carbonyl (C=O) groups is 2. The maximum atomic E-state index is 13.1. The predicted octanol–water partition coefficient (Wildman–Crippen LogP) is 5.04. The van der Waals surface area contributed by atoms with Crippen LogP contribution >= 0.6 is 11.6 Å². The lowest BCUT2D eigenvalue weighted by Gasteiger charge is -2.37. The minimum atomic E-state index is -0.521. The fourth-order valence-corrected chi connectivity index (χ4v) is 4.74. The molecule has 2 aromatic carbocycles. The van der Waals surface area contributed by atoms with Gasteiger partial charge in [0.15, 0.2) is 5.65 Å². The molecule has 0 saturated carbocycles. The number of rotatable bonds is 5. The second-order valence-corrected chi connectivity index (χ2v) is 10.9. The number of piperazine rings is 1. The Bertz CT molecular complexity index is 1500. The van der Waals surface area contributed by atoms with Crippen LogP contribution in [-0.2, 0) is 11.3 Å². The summed E-state index contributed by atoms with van der Waals surface area (Å²) in [4.78, 5) is 34.1. The van der Waals surface area contributed by atoms with Crippen molar-refractivity contribution in [1.29, 1.82) is 0 Å². The summed E-state index contributed by atoms with van der Waals surface area (Å²) in [5.41, 5.74) is 4.05. The quantitative estimate of drug-likeness (QED) is 0.377. The molecule has 202 valence electrons. The van der Waals surface area contributed by atoms with Crippen LogP contribution in [0.5, 0.6) is 0 Å². The highest BCUT2D eigenvalue weighted by Crippen LogP contribution is 2.26. The van der Waals surface area contributed by atoms with E-state index in [0.29, 0.717) is 49.1 Å². The molecule has 0 radical (unpaired) electrons. The van der Waals surface area contributed by atoms with Crippen molar-refractivity contribution in [3.05, 3.63) is 83.3 Å². The molecule has 2 amide bonds. The number of amides is 2. The summed E-state index contributed by atoms with van der Waals surface area (Å²) < 4.78 is 7.15. The van der Waals surface area contributed by atoms with Gasteiger partial charge in [0.2, 0.25) is 0 Å². The first-order valence-electron chi connectivity index (χ1n) is 12.9. The number of nitrogens with zero attached hydrogens (tertiary/aromatic N) is 5. The van der Waals surface area contributed by atoms with Gasteiger partial charge in [-0.05, 0) is 56.2 Å². The first-order chi connectivity index (χ1) is 18.7. The molecular weight excluding hydrogens is 516 g/mol. The van der Waals surface area contributed by atoms with Crippen LogP contribution in [0.2, 0.25) is 5.02 Å². The van der Waals surface area contributed by atoms with Gasteiger partial charge >= 0.3 is 6.09 Å². The summed E-state index contributed by atoms with van der Waals surface area (Å²) in [6.07, 6.45) is 3.15. The number of halogens is 1. The van der Waals surface area contributed by atoms with Gasteiger partial charge in [-0.1, -0.05) is 41.9 Å². The summed E-state index contributed by atoms with van der Waals surface area (Å²) in [6, 6.07) is 17.1. The average molecular weight is 547 g/mol. The largest absolute Gasteiger partial charge is 0.444 e. The average Bonchev–Trinajstić information content (AvgIpc) is 3.34. The van der Waals surface area contributed by atoms with Crippen LogP contribution in [0.1, 0.15) is 36.8 Å². The second-order valence-electron chi connectivity index (χ2n) is 10.4.